The van der Waals surface area contributed by atoms with E-state index in [9.17, 15) is 5.11 Å². The summed E-state index contributed by atoms with van der Waals surface area (Å²) in [5.41, 5.74) is 2.01. The lowest BCUT2D eigenvalue weighted by atomic mass is 10.3. The molecule has 1 heterocycles. The lowest BCUT2D eigenvalue weighted by Crippen LogP contribution is -2.25. The number of hydrogen-bond donors (Lipinski definition) is 2. The van der Waals surface area contributed by atoms with Crippen molar-refractivity contribution < 1.29 is 9.84 Å². The summed E-state index contributed by atoms with van der Waals surface area (Å²) in [7, 11) is 3.51. The Balaban J connectivity index is 2.11. The molecule has 0 fully saturated rings. The Bertz CT molecular complexity index is 495. The third-order valence-corrected chi connectivity index (χ3v) is 2.64. The Morgan fingerprint density at radius 1 is 1.47 bits per heavy atom. The van der Waals surface area contributed by atoms with Crippen LogP contribution in [0.15, 0.2) is 24.3 Å². The molecule has 17 heavy (non-hydrogen) atoms. The Kier molecular flexibility index (Phi) is 3.61. The molecule has 2 N–H and O–H groups in total. The zero-order chi connectivity index (χ0) is 12.3. The lowest BCUT2D eigenvalue weighted by molar-refractivity contribution is 0.0726. The quantitative estimate of drug-likeness (QED) is 0.811. The maximum absolute atomic E-state index is 9.55. The molecule has 5 nitrogen and oxygen atoms in total. The van der Waals surface area contributed by atoms with E-state index in [1.807, 2.05) is 35.9 Å². The van der Waals surface area contributed by atoms with Crippen molar-refractivity contribution in [1.82, 2.24) is 9.55 Å². The summed E-state index contributed by atoms with van der Waals surface area (Å²) in [6, 6.07) is 7.91. The number of para-hydroxylation sites is 2. The fourth-order valence-electron chi connectivity index (χ4n) is 1.76. The number of aliphatic hydroxyl groups is 1. The minimum Gasteiger partial charge on any atom is -0.389 e. The van der Waals surface area contributed by atoms with Gasteiger partial charge in [0.1, 0.15) is 0 Å². The van der Waals surface area contributed by atoms with Crippen LogP contribution in [0.2, 0.25) is 0 Å². The van der Waals surface area contributed by atoms with E-state index in [1.165, 1.54) is 0 Å². The molecule has 0 aliphatic rings. The monoisotopic (exact) mass is 235 g/mol. The Hall–Kier alpha value is -1.59. The van der Waals surface area contributed by atoms with Crippen molar-refractivity contribution in [3.8, 4) is 0 Å². The Morgan fingerprint density at radius 2 is 2.24 bits per heavy atom. The van der Waals surface area contributed by atoms with Gasteiger partial charge in [-0.15, -0.1) is 0 Å². The van der Waals surface area contributed by atoms with Gasteiger partial charge in [-0.1, -0.05) is 12.1 Å². The number of benzene rings is 1. The number of hydrogen-bond acceptors (Lipinski definition) is 4. The van der Waals surface area contributed by atoms with Gasteiger partial charge >= 0.3 is 0 Å². The summed E-state index contributed by atoms with van der Waals surface area (Å²) >= 11 is 0. The van der Waals surface area contributed by atoms with Crippen molar-refractivity contribution in [1.29, 1.82) is 0 Å². The minimum absolute atomic E-state index is 0.316. The van der Waals surface area contributed by atoms with Crippen molar-refractivity contribution in [3.63, 3.8) is 0 Å². The topological polar surface area (TPSA) is 59.3 Å². The van der Waals surface area contributed by atoms with Crippen LogP contribution < -0.4 is 5.32 Å². The van der Waals surface area contributed by atoms with E-state index in [2.05, 4.69) is 10.3 Å². The Labute approximate surface area is 100 Å². The van der Waals surface area contributed by atoms with Gasteiger partial charge in [0.2, 0.25) is 5.95 Å². The van der Waals surface area contributed by atoms with Crippen molar-refractivity contribution in [2.24, 2.45) is 7.05 Å². The summed E-state index contributed by atoms with van der Waals surface area (Å²) in [5.74, 6) is 0.751. The standard InChI is InChI=1S/C12H17N3O2/c1-15-11-6-4-3-5-10(11)14-12(15)13-7-9(16)8-17-2/h3-6,9,16H,7-8H2,1-2H3,(H,13,14). The minimum atomic E-state index is -0.528. The lowest BCUT2D eigenvalue weighted by Gasteiger charge is -2.11. The number of anilines is 1. The first-order chi connectivity index (χ1) is 8.22. The highest BCUT2D eigenvalue weighted by Crippen LogP contribution is 2.17. The smallest absolute Gasteiger partial charge is 0.203 e. The molecule has 92 valence electrons. The highest BCUT2D eigenvalue weighted by atomic mass is 16.5. The van der Waals surface area contributed by atoms with Gasteiger partial charge in [-0.25, -0.2) is 4.98 Å². The Morgan fingerprint density at radius 3 is 2.94 bits per heavy atom. The van der Waals surface area contributed by atoms with E-state index >= 15 is 0 Å². The van der Waals surface area contributed by atoms with Gasteiger partial charge in [-0.05, 0) is 12.1 Å². The number of fused-ring (bicyclic) bond motifs is 1. The number of aryl methyl sites for hydroxylation is 1. The third-order valence-electron chi connectivity index (χ3n) is 2.64. The molecule has 0 aliphatic heterocycles. The number of nitrogens with zero attached hydrogens (tertiary/aromatic N) is 2. The fraction of sp³-hybridized carbons (Fsp3) is 0.417. The van der Waals surface area contributed by atoms with Crippen LogP contribution in [0, 0.1) is 0 Å². The predicted molar refractivity (Wildman–Crippen MR) is 67.1 cm³/mol. The number of nitrogens with one attached hydrogen (secondary N) is 1. The second-order valence-electron chi connectivity index (χ2n) is 3.97. The van der Waals surface area contributed by atoms with Gasteiger partial charge in [0.15, 0.2) is 0 Å². The van der Waals surface area contributed by atoms with Crippen molar-refractivity contribution in [2.75, 3.05) is 25.6 Å². The molecular weight excluding hydrogens is 218 g/mol. The zero-order valence-electron chi connectivity index (χ0n) is 10.1. The normalized spacial score (nSPS) is 12.9. The molecule has 5 heteroatoms. The van der Waals surface area contributed by atoms with Gasteiger partial charge < -0.3 is 19.7 Å². The third kappa shape index (κ3) is 2.57. The molecule has 1 unspecified atom stereocenters. The molecule has 0 amide bonds. The van der Waals surface area contributed by atoms with E-state index in [-0.39, 0.29) is 0 Å². The SMILES string of the molecule is COCC(O)CNc1nc2ccccc2n1C. The molecule has 0 saturated carbocycles. The average Bonchev–Trinajstić information content (AvgIpc) is 2.65. The first-order valence-corrected chi connectivity index (χ1v) is 5.54. The molecular formula is C12H17N3O2. The number of ether oxygens (including phenoxy) is 1. The zero-order valence-corrected chi connectivity index (χ0v) is 10.1. The van der Waals surface area contributed by atoms with Crippen LogP contribution in [0.1, 0.15) is 0 Å². The summed E-state index contributed by atoms with van der Waals surface area (Å²) in [5, 5.41) is 12.7. The van der Waals surface area contributed by atoms with Crippen molar-refractivity contribution in [3.05, 3.63) is 24.3 Å². The van der Waals surface area contributed by atoms with E-state index < -0.39 is 6.10 Å². The summed E-state index contributed by atoms with van der Waals surface area (Å²) in [6.07, 6.45) is -0.528. The molecule has 0 saturated heterocycles. The van der Waals surface area contributed by atoms with Gasteiger partial charge in [0.05, 0.1) is 23.7 Å². The fourth-order valence-corrected chi connectivity index (χ4v) is 1.76. The molecule has 2 rings (SSSR count). The summed E-state index contributed by atoms with van der Waals surface area (Å²) in [4.78, 5) is 4.44. The van der Waals surface area contributed by atoms with Crippen LogP contribution in [0.4, 0.5) is 5.95 Å². The second-order valence-corrected chi connectivity index (χ2v) is 3.97. The second kappa shape index (κ2) is 5.16. The molecule has 1 atom stereocenters. The van der Waals surface area contributed by atoms with Gasteiger partial charge in [-0.3, -0.25) is 0 Å². The van der Waals surface area contributed by atoms with Crippen LogP contribution in [-0.2, 0) is 11.8 Å². The highest BCUT2D eigenvalue weighted by Gasteiger charge is 2.08. The van der Waals surface area contributed by atoms with E-state index in [0.29, 0.717) is 13.2 Å². The molecule has 2 aromatic rings. The van der Waals surface area contributed by atoms with Crippen LogP contribution in [0.3, 0.4) is 0 Å². The highest BCUT2D eigenvalue weighted by molar-refractivity contribution is 5.78. The van der Waals surface area contributed by atoms with E-state index in [4.69, 9.17) is 4.74 Å². The average molecular weight is 235 g/mol. The van der Waals surface area contributed by atoms with Crippen LogP contribution >= 0.6 is 0 Å². The van der Waals surface area contributed by atoms with Crippen LogP contribution in [-0.4, -0.2) is 41.0 Å². The molecule has 0 radical (unpaired) electrons. The summed E-state index contributed by atoms with van der Waals surface area (Å²) in [6.45, 7) is 0.738. The van der Waals surface area contributed by atoms with Crippen LogP contribution in [0.25, 0.3) is 11.0 Å². The summed E-state index contributed by atoms with van der Waals surface area (Å²) < 4.78 is 6.83. The van der Waals surface area contributed by atoms with Crippen molar-refractivity contribution >= 4 is 17.0 Å². The molecule has 0 aliphatic carbocycles. The van der Waals surface area contributed by atoms with Gasteiger partial charge in [0, 0.05) is 20.7 Å². The number of imidazole rings is 1. The predicted octanol–water partition coefficient (Wildman–Crippen LogP) is 0.992. The number of aliphatic hydroxyl groups excluding tert-OH is 1. The number of aromatic nitrogens is 2. The molecule has 1 aromatic carbocycles. The molecule has 0 spiro atoms. The largest absolute Gasteiger partial charge is 0.389 e. The van der Waals surface area contributed by atoms with E-state index in [1.54, 1.807) is 7.11 Å². The maximum atomic E-state index is 9.55. The van der Waals surface area contributed by atoms with Crippen LogP contribution in [0.5, 0.6) is 0 Å². The first kappa shape index (κ1) is 11.9. The molecule has 0 bridgehead atoms. The van der Waals surface area contributed by atoms with Gasteiger partial charge in [-0.2, -0.15) is 0 Å². The maximum Gasteiger partial charge on any atom is 0.203 e. The van der Waals surface area contributed by atoms with E-state index in [0.717, 1.165) is 17.0 Å². The molecule has 1 aromatic heterocycles. The number of rotatable bonds is 5. The number of methoxy groups -OCH3 is 1. The van der Waals surface area contributed by atoms with Crippen molar-refractivity contribution in [2.45, 2.75) is 6.10 Å². The first-order valence-electron chi connectivity index (χ1n) is 5.54. The van der Waals surface area contributed by atoms with Gasteiger partial charge in [0.25, 0.3) is 0 Å².